The van der Waals surface area contributed by atoms with E-state index in [4.69, 9.17) is 4.79 Å². The van der Waals surface area contributed by atoms with Gasteiger partial charge in [-0.25, -0.2) is 9.78 Å². The Bertz CT molecular complexity index is 248. The molecule has 1 heterocycles. The number of nitrogens with one attached hydrogen (secondary N) is 1. The first-order valence-electron chi connectivity index (χ1n) is 2.66. The maximum atomic E-state index is 10.2. The topological polar surface area (TPSA) is 115 Å². The number of urea groups is 1. The van der Waals surface area contributed by atoms with Gasteiger partial charge in [0.2, 0.25) is 0 Å². The van der Waals surface area contributed by atoms with Gasteiger partial charge in [0.05, 0.1) is 6.33 Å². The van der Waals surface area contributed by atoms with E-state index in [1.807, 2.05) is 0 Å². The van der Waals surface area contributed by atoms with Crippen molar-refractivity contribution >= 4 is 6.03 Å². The van der Waals surface area contributed by atoms with Gasteiger partial charge in [0.1, 0.15) is 0 Å². The molecule has 6 heteroatoms. The van der Waals surface area contributed by atoms with Crippen LogP contribution in [-0.4, -0.2) is 16.0 Å². The summed E-state index contributed by atoms with van der Waals surface area (Å²) in [5.41, 5.74) is 8.38. The van der Waals surface area contributed by atoms with Gasteiger partial charge in [0.15, 0.2) is 0 Å². The van der Waals surface area contributed by atoms with Crippen LogP contribution in [-0.2, 0) is 0 Å². The Balaban J connectivity index is 0.000000218. The van der Waals surface area contributed by atoms with E-state index in [9.17, 15) is 4.79 Å². The van der Waals surface area contributed by atoms with Gasteiger partial charge in [0, 0.05) is 12.3 Å². The van der Waals surface area contributed by atoms with Crippen LogP contribution in [0.4, 0.5) is 4.79 Å². The fraction of sp³-hybridized carbons (Fsp3) is 0. The molecule has 0 aliphatic carbocycles. The molecular weight excluding hydrogens is 148 g/mol. The van der Waals surface area contributed by atoms with Crippen LogP contribution in [0.1, 0.15) is 0 Å². The fourth-order valence-corrected chi connectivity index (χ4v) is 0.303. The Morgan fingerprint density at radius 3 is 2.27 bits per heavy atom. The zero-order valence-electron chi connectivity index (χ0n) is 5.65. The highest BCUT2D eigenvalue weighted by Crippen LogP contribution is 1.57. The second-order valence-electron chi connectivity index (χ2n) is 1.50. The number of amides is 2. The molecule has 0 radical (unpaired) electrons. The highest BCUT2D eigenvalue weighted by molar-refractivity contribution is 5.69. The Labute approximate surface area is 62.2 Å². The third-order valence-corrected chi connectivity index (χ3v) is 0.593. The van der Waals surface area contributed by atoms with Crippen LogP contribution in [0.5, 0.6) is 0 Å². The molecule has 0 atom stereocenters. The van der Waals surface area contributed by atoms with E-state index in [1.54, 1.807) is 0 Å². The van der Waals surface area contributed by atoms with Crippen molar-refractivity contribution in [3.8, 4) is 0 Å². The summed E-state index contributed by atoms with van der Waals surface area (Å²) >= 11 is 0. The number of nitrogens with zero attached hydrogens (tertiary/aromatic N) is 1. The van der Waals surface area contributed by atoms with Crippen molar-refractivity contribution in [1.29, 1.82) is 0 Å². The predicted molar refractivity (Wildman–Crippen MR) is 38.6 cm³/mol. The third kappa shape index (κ3) is 8.15. The lowest BCUT2D eigenvalue weighted by molar-refractivity contribution is 0.256. The van der Waals surface area contributed by atoms with E-state index in [0.717, 1.165) is 0 Å². The largest absolute Gasteiger partial charge is 0.352 e. The molecule has 0 bridgehead atoms. The minimum absolute atomic E-state index is 0.116. The number of rotatable bonds is 0. The van der Waals surface area contributed by atoms with Gasteiger partial charge in [-0.15, -0.1) is 0 Å². The first-order chi connectivity index (χ1) is 5.13. The third-order valence-electron chi connectivity index (χ3n) is 0.593. The Hall–Kier alpha value is -1.85. The normalized spacial score (nSPS) is 7.64. The summed E-state index contributed by atoms with van der Waals surface area (Å²) in [6.07, 6.45) is 2.79. The lowest BCUT2D eigenvalue weighted by atomic mass is 10.7. The van der Waals surface area contributed by atoms with Gasteiger partial charge in [-0.2, -0.15) is 0 Å². The van der Waals surface area contributed by atoms with Crippen molar-refractivity contribution in [1.82, 2.24) is 9.97 Å². The fourth-order valence-electron chi connectivity index (χ4n) is 0.303. The van der Waals surface area contributed by atoms with Crippen molar-refractivity contribution in [2.45, 2.75) is 0 Å². The Morgan fingerprint density at radius 2 is 2.09 bits per heavy atom. The molecule has 2 amide bonds. The summed E-state index contributed by atoms with van der Waals surface area (Å²) in [4.78, 5) is 25.1. The van der Waals surface area contributed by atoms with Crippen LogP contribution in [0.25, 0.3) is 0 Å². The molecule has 1 aromatic heterocycles. The molecular formula is C5H8N4O2. The van der Waals surface area contributed by atoms with Crippen molar-refractivity contribution < 1.29 is 4.79 Å². The summed E-state index contributed by atoms with van der Waals surface area (Å²) in [7, 11) is 0. The van der Waals surface area contributed by atoms with E-state index < -0.39 is 6.03 Å². The van der Waals surface area contributed by atoms with Crippen LogP contribution in [0.2, 0.25) is 0 Å². The zero-order chi connectivity index (χ0) is 8.69. The summed E-state index contributed by atoms with van der Waals surface area (Å²) in [6.45, 7) is 0. The van der Waals surface area contributed by atoms with Crippen LogP contribution in [0.15, 0.2) is 23.4 Å². The second-order valence-corrected chi connectivity index (χ2v) is 1.50. The van der Waals surface area contributed by atoms with Crippen LogP contribution >= 0.6 is 0 Å². The van der Waals surface area contributed by atoms with E-state index in [0.29, 0.717) is 0 Å². The maximum absolute atomic E-state index is 10.2. The number of aromatic nitrogens is 2. The Morgan fingerprint density at radius 1 is 1.55 bits per heavy atom. The molecule has 5 N–H and O–H groups in total. The van der Waals surface area contributed by atoms with Gasteiger partial charge in [-0.3, -0.25) is 4.79 Å². The minimum atomic E-state index is -0.833. The standard InChI is InChI=1S/C4H4N2O.CH4N2O/c7-4-1-2-5-3-6-4;2-1(3)4/h1-3H,(H,5,6,7);(H4,2,3,4). The molecule has 0 saturated heterocycles. The van der Waals surface area contributed by atoms with E-state index >= 15 is 0 Å². The van der Waals surface area contributed by atoms with E-state index in [-0.39, 0.29) is 5.56 Å². The van der Waals surface area contributed by atoms with Crippen LogP contribution < -0.4 is 17.0 Å². The number of primary amides is 2. The molecule has 0 spiro atoms. The quantitative estimate of drug-likeness (QED) is 0.437. The summed E-state index contributed by atoms with van der Waals surface area (Å²) in [5.74, 6) is 0. The summed E-state index contributed by atoms with van der Waals surface area (Å²) in [6, 6.07) is 0.528. The number of aromatic amines is 1. The van der Waals surface area contributed by atoms with Crippen molar-refractivity contribution in [2.75, 3.05) is 0 Å². The summed E-state index contributed by atoms with van der Waals surface area (Å²) < 4.78 is 0. The number of nitrogens with two attached hydrogens (primary N) is 2. The van der Waals surface area contributed by atoms with Crippen LogP contribution in [0.3, 0.4) is 0 Å². The lowest BCUT2D eigenvalue weighted by Gasteiger charge is -1.73. The monoisotopic (exact) mass is 156 g/mol. The van der Waals surface area contributed by atoms with Gasteiger partial charge in [-0.05, 0) is 0 Å². The highest BCUT2D eigenvalue weighted by atomic mass is 16.2. The van der Waals surface area contributed by atoms with Gasteiger partial charge in [0.25, 0.3) is 5.56 Å². The zero-order valence-corrected chi connectivity index (χ0v) is 5.65. The van der Waals surface area contributed by atoms with Crippen molar-refractivity contribution in [2.24, 2.45) is 11.5 Å². The minimum Gasteiger partial charge on any atom is -0.352 e. The molecule has 60 valence electrons. The molecule has 0 unspecified atom stereocenters. The average molecular weight is 156 g/mol. The molecule has 6 nitrogen and oxygen atoms in total. The van der Waals surface area contributed by atoms with E-state index in [1.165, 1.54) is 18.6 Å². The van der Waals surface area contributed by atoms with Crippen LogP contribution in [0, 0.1) is 0 Å². The Kier molecular flexibility index (Phi) is 4.14. The molecule has 0 fully saturated rings. The van der Waals surface area contributed by atoms with Gasteiger partial charge < -0.3 is 16.5 Å². The first kappa shape index (κ1) is 9.15. The lowest BCUT2D eigenvalue weighted by Crippen LogP contribution is -2.18. The number of carbonyl (C=O) groups excluding carboxylic acids is 1. The molecule has 1 rings (SSSR count). The predicted octanol–water partition coefficient (Wildman–Crippen LogP) is -1.21. The molecule has 11 heavy (non-hydrogen) atoms. The number of hydrogen-bond donors (Lipinski definition) is 3. The summed E-state index contributed by atoms with van der Waals surface area (Å²) in [5, 5.41) is 0. The molecule has 0 aromatic carbocycles. The maximum Gasteiger partial charge on any atom is 0.309 e. The number of carbonyl (C=O) groups is 1. The molecule has 0 saturated carbocycles. The second kappa shape index (κ2) is 4.98. The van der Waals surface area contributed by atoms with Gasteiger partial charge in [-0.1, -0.05) is 0 Å². The first-order valence-corrected chi connectivity index (χ1v) is 2.66. The van der Waals surface area contributed by atoms with Gasteiger partial charge >= 0.3 is 6.03 Å². The molecule has 1 aromatic rings. The number of H-pyrrole nitrogens is 1. The molecule has 0 aliphatic rings. The van der Waals surface area contributed by atoms with Crippen molar-refractivity contribution in [3.63, 3.8) is 0 Å². The number of hydrogen-bond acceptors (Lipinski definition) is 3. The van der Waals surface area contributed by atoms with E-state index in [2.05, 4.69) is 21.4 Å². The highest BCUT2D eigenvalue weighted by Gasteiger charge is 1.70. The smallest absolute Gasteiger partial charge is 0.309 e. The van der Waals surface area contributed by atoms with Crippen molar-refractivity contribution in [3.05, 3.63) is 28.9 Å². The average Bonchev–Trinajstić information content (AvgIpc) is 1.87. The molecule has 0 aliphatic heterocycles. The SMILES string of the molecule is NC(N)=O.O=c1ccnc[nH]1.